The summed E-state index contributed by atoms with van der Waals surface area (Å²) < 4.78 is 0. The average molecular weight is 230 g/mol. The zero-order valence-corrected chi connectivity index (χ0v) is 8.36. The Hall–Kier alpha value is -1.19. The molecule has 0 atom stereocenters. The first-order chi connectivity index (χ1) is 6.61. The first-order valence-electron chi connectivity index (χ1n) is 3.79. The van der Waals surface area contributed by atoms with Gasteiger partial charge in [0.1, 0.15) is 0 Å². The second kappa shape index (κ2) is 3.19. The van der Waals surface area contributed by atoms with Crippen molar-refractivity contribution in [2.45, 2.75) is 0 Å². The Morgan fingerprint density at radius 1 is 1.43 bits per heavy atom. The number of rotatable bonds is 1. The van der Waals surface area contributed by atoms with E-state index in [1.807, 2.05) is 0 Å². The Morgan fingerprint density at radius 3 is 2.79 bits per heavy atom. The van der Waals surface area contributed by atoms with E-state index in [0.717, 1.165) is 5.52 Å². The van der Waals surface area contributed by atoms with Crippen LogP contribution in [0.3, 0.4) is 0 Å². The van der Waals surface area contributed by atoms with Gasteiger partial charge in [-0.1, -0.05) is 23.2 Å². The highest BCUT2D eigenvalue weighted by Gasteiger charge is 2.16. The standard InChI is InChI=1S/C9H5Cl2NO2/c10-5-3-6-4(1-2-12-6)8(11)7(5)9(13)14/h1-3,12H,(H,13,14). The molecule has 0 unspecified atom stereocenters. The van der Waals surface area contributed by atoms with Gasteiger partial charge in [-0.05, 0) is 12.1 Å². The van der Waals surface area contributed by atoms with Crippen molar-refractivity contribution >= 4 is 40.1 Å². The molecule has 0 spiro atoms. The summed E-state index contributed by atoms with van der Waals surface area (Å²) in [5.41, 5.74) is 0.672. The molecule has 2 N–H and O–H groups in total. The lowest BCUT2D eigenvalue weighted by Crippen LogP contribution is -1.98. The van der Waals surface area contributed by atoms with Gasteiger partial charge in [-0.15, -0.1) is 0 Å². The quantitative estimate of drug-likeness (QED) is 0.790. The second-order valence-corrected chi connectivity index (χ2v) is 3.58. The molecule has 2 aromatic rings. The molecule has 1 aromatic heterocycles. The van der Waals surface area contributed by atoms with Crippen molar-refractivity contribution < 1.29 is 9.90 Å². The number of hydrogen-bond acceptors (Lipinski definition) is 1. The highest BCUT2D eigenvalue weighted by Crippen LogP contribution is 2.32. The maximum absolute atomic E-state index is 10.8. The third-order valence-corrected chi connectivity index (χ3v) is 2.65. The number of aromatic carboxylic acids is 1. The summed E-state index contributed by atoms with van der Waals surface area (Å²) in [6.07, 6.45) is 1.68. The van der Waals surface area contributed by atoms with Gasteiger partial charge in [0.05, 0.1) is 15.6 Å². The van der Waals surface area contributed by atoms with Crippen LogP contribution in [0, 0.1) is 0 Å². The Balaban J connectivity index is 2.89. The monoisotopic (exact) mass is 229 g/mol. The van der Waals surface area contributed by atoms with Crippen molar-refractivity contribution in [1.82, 2.24) is 4.98 Å². The zero-order valence-electron chi connectivity index (χ0n) is 6.84. The summed E-state index contributed by atoms with van der Waals surface area (Å²) in [6.45, 7) is 0. The first kappa shape index (κ1) is 9.37. The van der Waals surface area contributed by atoms with Crippen LogP contribution in [0.5, 0.6) is 0 Å². The van der Waals surface area contributed by atoms with Crippen LogP contribution < -0.4 is 0 Å². The SMILES string of the molecule is O=C(O)c1c(Cl)cc2[nH]ccc2c1Cl. The number of halogens is 2. The van der Waals surface area contributed by atoms with Crippen molar-refractivity contribution in [3.05, 3.63) is 33.9 Å². The lowest BCUT2D eigenvalue weighted by atomic mass is 10.1. The number of carboxylic acids is 1. The van der Waals surface area contributed by atoms with Gasteiger partial charge in [0, 0.05) is 17.1 Å². The summed E-state index contributed by atoms with van der Waals surface area (Å²) in [6, 6.07) is 3.26. The van der Waals surface area contributed by atoms with Gasteiger partial charge in [0.15, 0.2) is 0 Å². The fourth-order valence-electron chi connectivity index (χ4n) is 1.33. The summed E-state index contributed by atoms with van der Waals surface area (Å²) in [7, 11) is 0. The lowest BCUT2D eigenvalue weighted by Gasteiger charge is -2.02. The molecule has 3 nitrogen and oxygen atoms in total. The molecule has 1 aromatic carbocycles. The van der Waals surface area contributed by atoms with Gasteiger partial charge >= 0.3 is 5.97 Å². The smallest absolute Gasteiger partial charge is 0.338 e. The lowest BCUT2D eigenvalue weighted by molar-refractivity contribution is 0.0697. The first-order valence-corrected chi connectivity index (χ1v) is 4.55. The Kier molecular flexibility index (Phi) is 2.13. The number of carboxylic acid groups (broad SMARTS) is 1. The van der Waals surface area contributed by atoms with Crippen LogP contribution in [0.25, 0.3) is 10.9 Å². The van der Waals surface area contributed by atoms with E-state index >= 15 is 0 Å². The molecule has 0 bridgehead atoms. The molecule has 2 rings (SSSR count). The van der Waals surface area contributed by atoms with Crippen LogP contribution in [0.15, 0.2) is 18.3 Å². The largest absolute Gasteiger partial charge is 0.478 e. The number of hydrogen-bond donors (Lipinski definition) is 2. The number of carbonyl (C=O) groups is 1. The summed E-state index contributed by atoms with van der Waals surface area (Å²) >= 11 is 11.7. The molecular formula is C9H5Cl2NO2. The topological polar surface area (TPSA) is 53.1 Å². The van der Waals surface area contributed by atoms with Crippen LogP contribution in [-0.2, 0) is 0 Å². The van der Waals surface area contributed by atoms with Gasteiger partial charge in [-0.25, -0.2) is 4.79 Å². The van der Waals surface area contributed by atoms with Crippen LogP contribution in [0.4, 0.5) is 0 Å². The summed E-state index contributed by atoms with van der Waals surface area (Å²) in [5.74, 6) is -1.12. The number of H-pyrrole nitrogens is 1. The van der Waals surface area contributed by atoms with E-state index in [0.29, 0.717) is 5.39 Å². The minimum atomic E-state index is -1.12. The summed E-state index contributed by atoms with van der Waals surface area (Å²) in [4.78, 5) is 13.7. The zero-order chi connectivity index (χ0) is 10.3. The highest BCUT2D eigenvalue weighted by molar-refractivity contribution is 6.42. The number of nitrogens with one attached hydrogen (secondary N) is 1. The molecule has 0 aliphatic rings. The molecule has 0 fully saturated rings. The average Bonchev–Trinajstić information content (AvgIpc) is 2.50. The molecule has 0 saturated carbocycles. The second-order valence-electron chi connectivity index (χ2n) is 2.79. The Labute approximate surface area is 89.2 Å². The number of benzene rings is 1. The van der Waals surface area contributed by atoms with Crippen LogP contribution >= 0.6 is 23.2 Å². The number of aromatic amines is 1. The molecule has 14 heavy (non-hydrogen) atoms. The molecule has 1 heterocycles. The van der Waals surface area contributed by atoms with Crippen LogP contribution in [0.2, 0.25) is 10.0 Å². The van der Waals surface area contributed by atoms with E-state index in [-0.39, 0.29) is 15.6 Å². The molecule has 0 radical (unpaired) electrons. The highest BCUT2D eigenvalue weighted by atomic mass is 35.5. The van der Waals surface area contributed by atoms with E-state index < -0.39 is 5.97 Å². The van der Waals surface area contributed by atoms with Crippen molar-refractivity contribution in [3.63, 3.8) is 0 Å². The van der Waals surface area contributed by atoms with Gasteiger partial charge in [-0.3, -0.25) is 0 Å². The molecule has 0 saturated heterocycles. The van der Waals surface area contributed by atoms with Crippen molar-refractivity contribution in [2.24, 2.45) is 0 Å². The Morgan fingerprint density at radius 2 is 2.14 bits per heavy atom. The van der Waals surface area contributed by atoms with Crippen LogP contribution in [-0.4, -0.2) is 16.1 Å². The van der Waals surface area contributed by atoms with E-state index in [9.17, 15) is 4.79 Å². The van der Waals surface area contributed by atoms with Gasteiger partial charge in [0.25, 0.3) is 0 Å². The van der Waals surface area contributed by atoms with Crippen molar-refractivity contribution in [3.8, 4) is 0 Å². The van der Waals surface area contributed by atoms with E-state index in [2.05, 4.69) is 4.98 Å². The molecule has 0 amide bonds. The maximum Gasteiger partial charge on any atom is 0.338 e. The minimum absolute atomic E-state index is 0.0552. The predicted octanol–water partition coefficient (Wildman–Crippen LogP) is 3.17. The summed E-state index contributed by atoms with van der Waals surface area (Å²) in [5, 5.41) is 9.83. The van der Waals surface area contributed by atoms with Crippen LogP contribution in [0.1, 0.15) is 10.4 Å². The number of aromatic nitrogens is 1. The van der Waals surface area contributed by atoms with E-state index in [4.69, 9.17) is 28.3 Å². The van der Waals surface area contributed by atoms with Crippen molar-refractivity contribution in [2.75, 3.05) is 0 Å². The third kappa shape index (κ3) is 1.25. The van der Waals surface area contributed by atoms with Gasteiger partial charge < -0.3 is 10.1 Å². The third-order valence-electron chi connectivity index (χ3n) is 1.96. The minimum Gasteiger partial charge on any atom is -0.478 e. The van der Waals surface area contributed by atoms with Gasteiger partial charge in [-0.2, -0.15) is 0 Å². The van der Waals surface area contributed by atoms with E-state index in [1.54, 1.807) is 18.3 Å². The number of fused-ring (bicyclic) bond motifs is 1. The Bertz CT molecular complexity index is 519. The molecule has 5 heteroatoms. The maximum atomic E-state index is 10.8. The molecule has 0 aliphatic heterocycles. The fraction of sp³-hybridized carbons (Fsp3) is 0. The van der Waals surface area contributed by atoms with Crippen molar-refractivity contribution in [1.29, 1.82) is 0 Å². The molecule has 72 valence electrons. The normalized spacial score (nSPS) is 10.7. The van der Waals surface area contributed by atoms with Gasteiger partial charge in [0.2, 0.25) is 0 Å². The molecule has 0 aliphatic carbocycles. The molecular weight excluding hydrogens is 225 g/mol. The van der Waals surface area contributed by atoms with E-state index in [1.165, 1.54) is 0 Å². The predicted molar refractivity (Wildman–Crippen MR) is 55.3 cm³/mol. The fourth-order valence-corrected chi connectivity index (χ4v) is 2.01.